The van der Waals surface area contributed by atoms with Gasteiger partial charge in [0.2, 0.25) is 0 Å². The van der Waals surface area contributed by atoms with Crippen molar-refractivity contribution in [3.63, 3.8) is 0 Å². The summed E-state index contributed by atoms with van der Waals surface area (Å²) < 4.78 is 25.8. The van der Waals surface area contributed by atoms with Crippen LogP contribution < -0.4 is 5.73 Å². The first kappa shape index (κ1) is 13.7. The molecule has 2 nitrogen and oxygen atoms in total. The van der Waals surface area contributed by atoms with E-state index in [0.717, 1.165) is 19.3 Å². The molecule has 0 saturated heterocycles. The smallest absolute Gasteiger partial charge is 0.124 e. The Labute approximate surface area is 110 Å². The third kappa shape index (κ3) is 3.18. The first-order chi connectivity index (χ1) is 8.72. The van der Waals surface area contributed by atoms with Gasteiger partial charge in [0, 0.05) is 10.1 Å². The fourth-order valence-electron chi connectivity index (χ4n) is 2.67. The van der Waals surface area contributed by atoms with E-state index >= 15 is 0 Å². The van der Waals surface area contributed by atoms with Gasteiger partial charge in [-0.2, -0.15) is 0 Å². The van der Waals surface area contributed by atoms with Crippen LogP contribution in [0.3, 0.4) is 0 Å². The molecule has 3 atom stereocenters. The molecule has 2 rings (SSSR count). The Morgan fingerprint density at radius 2 is 2.06 bits per heavy atom. The van der Waals surface area contributed by atoms with Gasteiger partial charge in [0.05, 0.1) is 10.8 Å². The molecule has 18 heavy (non-hydrogen) atoms. The van der Waals surface area contributed by atoms with Gasteiger partial charge in [0.25, 0.3) is 0 Å². The molecule has 1 aromatic rings. The fourth-order valence-corrected chi connectivity index (χ4v) is 4.44. The molecule has 1 aliphatic rings. The monoisotopic (exact) mass is 269 g/mol. The van der Waals surface area contributed by atoms with E-state index < -0.39 is 10.8 Å². The lowest BCUT2D eigenvalue weighted by Gasteiger charge is -2.23. The van der Waals surface area contributed by atoms with Crippen molar-refractivity contribution in [3.8, 4) is 0 Å². The molecular formula is C14H20FNOS. The Hall–Kier alpha value is -0.740. The van der Waals surface area contributed by atoms with Crippen molar-refractivity contribution in [1.29, 1.82) is 0 Å². The van der Waals surface area contributed by atoms with E-state index in [1.54, 1.807) is 12.1 Å². The molecule has 0 aliphatic heterocycles. The lowest BCUT2D eigenvalue weighted by atomic mass is 10.0. The van der Waals surface area contributed by atoms with Gasteiger partial charge >= 0.3 is 0 Å². The SMILES string of the molecule is NCC1CCCCCC1S(=O)c1cccc(F)c1. The summed E-state index contributed by atoms with van der Waals surface area (Å²) in [4.78, 5) is 0.598. The summed E-state index contributed by atoms with van der Waals surface area (Å²) in [5.41, 5.74) is 5.80. The summed E-state index contributed by atoms with van der Waals surface area (Å²) in [6.45, 7) is 0.575. The summed E-state index contributed by atoms with van der Waals surface area (Å²) in [6.07, 6.45) is 5.43. The van der Waals surface area contributed by atoms with Crippen molar-refractivity contribution in [3.05, 3.63) is 30.1 Å². The highest BCUT2D eigenvalue weighted by atomic mass is 32.2. The zero-order valence-corrected chi connectivity index (χ0v) is 11.3. The van der Waals surface area contributed by atoms with Gasteiger partial charge in [-0.1, -0.05) is 25.3 Å². The first-order valence-electron chi connectivity index (χ1n) is 6.58. The lowest BCUT2D eigenvalue weighted by molar-refractivity contribution is 0.473. The predicted molar refractivity (Wildman–Crippen MR) is 72.2 cm³/mol. The zero-order chi connectivity index (χ0) is 13.0. The number of hydrogen-bond acceptors (Lipinski definition) is 2. The second-order valence-corrected chi connectivity index (χ2v) is 6.60. The van der Waals surface area contributed by atoms with E-state index in [2.05, 4.69) is 0 Å². The molecule has 4 heteroatoms. The van der Waals surface area contributed by atoms with E-state index in [0.29, 0.717) is 17.4 Å². The molecule has 1 fully saturated rings. The van der Waals surface area contributed by atoms with Crippen LogP contribution in [-0.2, 0) is 10.8 Å². The van der Waals surface area contributed by atoms with Crippen LogP contribution in [0.5, 0.6) is 0 Å². The van der Waals surface area contributed by atoms with Gasteiger partial charge < -0.3 is 5.73 Å². The Kier molecular flexibility index (Phi) is 4.89. The maximum absolute atomic E-state index is 13.2. The van der Waals surface area contributed by atoms with Crippen LogP contribution in [0.2, 0.25) is 0 Å². The fraction of sp³-hybridized carbons (Fsp3) is 0.571. The zero-order valence-electron chi connectivity index (χ0n) is 10.5. The van der Waals surface area contributed by atoms with Crippen LogP contribution >= 0.6 is 0 Å². The van der Waals surface area contributed by atoms with Gasteiger partial charge in [-0.05, 0) is 43.5 Å². The number of benzene rings is 1. The van der Waals surface area contributed by atoms with Gasteiger partial charge in [-0.15, -0.1) is 0 Å². The average Bonchev–Trinajstić information content (AvgIpc) is 2.62. The molecule has 0 heterocycles. The molecule has 1 saturated carbocycles. The minimum Gasteiger partial charge on any atom is -0.330 e. The Bertz CT molecular complexity index is 424. The van der Waals surface area contributed by atoms with Crippen LogP contribution in [0.25, 0.3) is 0 Å². The largest absolute Gasteiger partial charge is 0.330 e. The highest BCUT2D eigenvalue weighted by molar-refractivity contribution is 7.85. The summed E-state index contributed by atoms with van der Waals surface area (Å²) in [6, 6.07) is 6.14. The van der Waals surface area contributed by atoms with Crippen molar-refractivity contribution in [1.82, 2.24) is 0 Å². The van der Waals surface area contributed by atoms with E-state index in [4.69, 9.17) is 5.73 Å². The standard InChI is InChI=1S/C14H20FNOS/c15-12-6-4-7-13(9-12)18(17)14-8-3-1-2-5-11(14)10-16/h4,6-7,9,11,14H,1-3,5,8,10,16H2. The van der Waals surface area contributed by atoms with Crippen molar-refractivity contribution >= 4 is 10.8 Å². The number of nitrogens with two attached hydrogens (primary N) is 1. The summed E-state index contributed by atoms with van der Waals surface area (Å²) in [7, 11) is -1.14. The van der Waals surface area contributed by atoms with E-state index in [-0.39, 0.29) is 11.1 Å². The molecule has 0 aromatic heterocycles. The summed E-state index contributed by atoms with van der Waals surface area (Å²) in [5.74, 6) is -0.0182. The van der Waals surface area contributed by atoms with Gasteiger partial charge in [-0.3, -0.25) is 4.21 Å². The Balaban J connectivity index is 2.19. The first-order valence-corrected chi connectivity index (χ1v) is 7.80. The normalized spacial score (nSPS) is 26.6. The molecule has 0 amide bonds. The van der Waals surface area contributed by atoms with E-state index in [1.165, 1.54) is 25.0 Å². The van der Waals surface area contributed by atoms with Crippen molar-refractivity contribution in [2.24, 2.45) is 11.7 Å². The molecule has 0 bridgehead atoms. The third-order valence-electron chi connectivity index (χ3n) is 3.70. The lowest BCUT2D eigenvalue weighted by Crippen LogP contribution is -2.30. The van der Waals surface area contributed by atoms with Crippen LogP contribution in [0.4, 0.5) is 4.39 Å². The van der Waals surface area contributed by atoms with Crippen molar-refractivity contribution < 1.29 is 8.60 Å². The topological polar surface area (TPSA) is 43.1 Å². The molecule has 1 aromatic carbocycles. The predicted octanol–water partition coefficient (Wildman–Crippen LogP) is 2.84. The molecule has 0 spiro atoms. The minimum absolute atomic E-state index is 0.0827. The van der Waals surface area contributed by atoms with E-state index in [1.807, 2.05) is 0 Å². The minimum atomic E-state index is -1.14. The molecule has 1 aliphatic carbocycles. The van der Waals surface area contributed by atoms with E-state index in [9.17, 15) is 8.60 Å². The highest BCUT2D eigenvalue weighted by Crippen LogP contribution is 2.29. The summed E-state index contributed by atoms with van der Waals surface area (Å²) in [5, 5.41) is 0.0827. The molecule has 2 N–H and O–H groups in total. The van der Waals surface area contributed by atoms with Crippen LogP contribution in [0.1, 0.15) is 32.1 Å². The Morgan fingerprint density at radius 1 is 1.28 bits per heavy atom. The number of hydrogen-bond donors (Lipinski definition) is 1. The average molecular weight is 269 g/mol. The molecule has 0 radical (unpaired) electrons. The molecule has 100 valence electrons. The second kappa shape index (κ2) is 6.43. The highest BCUT2D eigenvalue weighted by Gasteiger charge is 2.28. The van der Waals surface area contributed by atoms with Crippen LogP contribution in [0, 0.1) is 11.7 Å². The molecule has 3 unspecified atom stereocenters. The van der Waals surface area contributed by atoms with Gasteiger partial charge in [0.15, 0.2) is 0 Å². The maximum Gasteiger partial charge on any atom is 0.124 e. The van der Waals surface area contributed by atoms with Crippen LogP contribution in [0.15, 0.2) is 29.2 Å². The third-order valence-corrected chi connectivity index (χ3v) is 5.58. The number of rotatable bonds is 3. The maximum atomic E-state index is 13.2. The molecular weight excluding hydrogens is 249 g/mol. The van der Waals surface area contributed by atoms with Crippen LogP contribution in [-0.4, -0.2) is 16.0 Å². The summed E-state index contributed by atoms with van der Waals surface area (Å²) >= 11 is 0. The van der Waals surface area contributed by atoms with Gasteiger partial charge in [-0.25, -0.2) is 4.39 Å². The second-order valence-electron chi connectivity index (χ2n) is 4.93. The Morgan fingerprint density at radius 3 is 2.78 bits per heavy atom. The van der Waals surface area contributed by atoms with Crippen molar-refractivity contribution in [2.75, 3.05) is 6.54 Å². The van der Waals surface area contributed by atoms with Crippen molar-refractivity contribution in [2.45, 2.75) is 42.2 Å². The quantitative estimate of drug-likeness (QED) is 0.857. The van der Waals surface area contributed by atoms with Gasteiger partial charge in [0.1, 0.15) is 5.82 Å². The number of halogens is 1.